The predicted octanol–water partition coefficient (Wildman–Crippen LogP) is 2.52. The summed E-state index contributed by atoms with van der Waals surface area (Å²) in [5.41, 5.74) is 0.817. The van der Waals surface area contributed by atoms with E-state index >= 15 is 0 Å². The molecule has 2 atom stereocenters. The normalized spacial score (nSPS) is 13.7. The SMILES string of the molecule is CCC(=O)[C@@H]([Se]c1ccccc1)[C@H](O)c1ccccc1. The monoisotopic (exact) mass is 334 g/mol. The first kappa shape index (κ1) is 15.0. The van der Waals surface area contributed by atoms with Crippen LogP contribution in [0.1, 0.15) is 25.0 Å². The summed E-state index contributed by atoms with van der Waals surface area (Å²) in [6.07, 6.45) is -0.257. The van der Waals surface area contributed by atoms with Crippen LogP contribution >= 0.6 is 0 Å². The van der Waals surface area contributed by atoms with E-state index in [2.05, 4.69) is 0 Å². The van der Waals surface area contributed by atoms with Crippen molar-refractivity contribution in [3.63, 3.8) is 0 Å². The van der Waals surface area contributed by atoms with E-state index in [1.54, 1.807) is 0 Å². The van der Waals surface area contributed by atoms with Crippen molar-refractivity contribution in [1.82, 2.24) is 0 Å². The van der Waals surface area contributed by atoms with Crippen molar-refractivity contribution in [2.24, 2.45) is 0 Å². The molecule has 1 N–H and O–H groups in total. The molecule has 0 heterocycles. The fourth-order valence-electron chi connectivity index (χ4n) is 1.98. The molecule has 2 aromatic carbocycles. The first-order valence-corrected chi connectivity index (χ1v) is 8.54. The maximum absolute atomic E-state index is 12.2. The minimum absolute atomic E-state index is 0.0659. The van der Waals surface area contributed by atoms with Crippen molar-refractivity contribution in [3.8, 4) is 0 Å². The van der Waals surface area contributed by atoms with E-state index in [-0.39, 0.29) is 25.6 Å². The third-order valence-corrected chi connectivity index (χ3v) is 5.87. The Kier molecular flexibility index (Phi) is 5.54. The maximum atomic E-state index is 12.2. The van der Waals surface area contributed by atoms with Crippen LogP contribution in [0.25, 0.3) is 0 Å². The number of carbonyl (C=O) groups is 1. The van der Waals surface area contributed by atoms with E-state index < -0.39 is 6.10 Å². The zero-order valence-corrected chi connectivity index (χ0v) is 13.1. The summed E-state index contributed by atoms with van der Waals surface area (Å²) in [7, 11) is 0. The Hall–Kier alpha value is -1.41. The molecular formula is C17H18O2Se. The molecule has 0 unspecified atom stereocenters. The number of hydrogen-bond donors (Lipinski definition) is 1. The molecule has 2 nitrogen and oxygen atoms in total. The molecule has 0 amide bonds. The number of Topliss-reactive ketones (excluding diaryl/α,β-unsaturated/α-hetero) is 1. The van der Waals surface area contributed by atoms with Crippen molar-refractivity contribution in [2.75, 3.05) is 0 Å². The van der Waals surface area contributed by atoms with E-state index in [9.17, 15) is 9.90 Å². The molecule has 0 aromatic heterocycles. The number of aliphatic hydroxyl groups excluding tert-OH is 1. The van der Waals surface area contributed by atoms with Gasteiger partial charge < -0.3 is 0 Å². The average Bonchev–Trinajstić information content (AvgIpc) is 2.53. The van der Waals surface area contributed by atoms with Gasteiger partial charge in [-0.2, -0.15) is 0 Å². The zero-order chi connectivity index (χ0) is 14.4. The fraction of sp³-hybridized carbons (Fsp3) is 0.235. The Morgan fingerprint density at radius 2 is 1.60 bits per heavy atom. The number of benzene rings is 2. The topological polar surface area (TPSA) is 37.3 Å². The molecule has 0 aliphatic carbocycles. The second kappa shape index (κ2) is 7.39. The Morgan fingerprint density at radius 3 is 2.15 bits per heavy atom. The molecule has 0 saturated heterocycles. The summed E-state index contributed by atoms with van der Waals surface area (Å²) in [5.74, 6) is 0.130. The number of aliphatic hydroxyl groups is 1. The Labute approximate surface area is 126 Å². The molecule has 0 radical (unpaired) electrons. The first-order chi connectivity index (χ1) is 9.72. The Morgan fingerprint density at radius 1 is 1.05 bits per heavy atom. The van der Waals surface area contributed by atoms with Gasteiger partial charge in [0, 0.05) is 0 Å². The van der Waals surface area contributed by atoms with Gasteiger partial charge in [0.1, 0.15) is 0 Å². The molecule has 20 heavy (non-hydrogen) atoms. The fourth-order valence-corrected chi connectivity index (χ4v) is 4.48. The van der Waals surface area contributed by atoms with Gasteiger partial charge in [0.05, 0.1) is 0 Å². The molecule has 0 aliphatic rings. The molecule has 0 aliphatic heterocycles. The van der Waals surface area contributed by atoms with Crippen LogP contribution in [0.3, 0.4) is 0 Å². The molecule has 2 rings (SSSR count). The Balaban J connectivity index is 2.22. The van der Waals surface area contributed by atoms with E-state index in [1.807, 2.05) is 67.6 Å². The number of ketones is 1. The van der Waals surface area contributed by atoms with Crippen LogP contribution in [0, 0.1) is 0 Å². The first-order valence-electron chi connectivity index (χ1n) is 6.69. The van der Waals surface area contributed by atoms with Crippen molar-refractivity contribution < 1.29 is 9.90 Å². The quantitative estimate of drug-likeness (QED) is 0.825. The van der Waals surface area contributed by atoms with Crippen LogP contribution in [0.4, 0.5) is 0 Å². The predicted molar refractivity (Wildman–Crippen MR) is 82.3 cm³/mol. The molecule has 0 saturated carbocycles. The average molecular weight is 333 g/mol. The van der Waals surface area contributed by atoms with Gasteiger partial charge in [-0.1, -0.05) is 0 Å². The summed E-state index contributed by atoms with van der Waals surface area (Å²) in [6, 6.07) is 19.4. The molecular weight excluding hydrogens is 315 g/mol. The van der Waals surface area contributed by atoms with Gasteiger partial charge in [-0.3, -0.25) is 0 Å². The molecule has 2 aromatic rings. The van der Waals surface area contributed by atoms with Gasteiger partial charge in [-0.05, 0) is 0 Å². The minimum atomic E-state index is -0.719. The number of rotatable bonds is 6. The number of hydrogen-bond acceptors (Lipinski definition) is 2. The second-order valence-corrected chi connectivity index (χ2v) is 7.08. The van der Waals surface area contributed by atoms with Crippen LogP contribution < -0.4 is 4.46 Å². The molecule has 0 spiro atoms. The summed E-state index contributed by atoms with van der Waals surface area (Å²) in [5, 5.41) is 10.5. The van der Waals surface area contributed by atoms with Gasteiger partial charge in [0.25, 0.3) is 0 Å². The molecule has 104 valence electrons. The molecule has 3 heteroatoms. The third-order valence-electron chi connectivity index (χ3n) is 3.10. The van der Waals surface area contributed by atoms with Crippen molar-refractivity contribution in [1.29, 1.82) is 0 Å². The van der Waals surface area contributed by atoms with Crippen LogP contribution in [-0.2, 0) is 4.79 Å². The van der Waals surface area contributed by atoms with Gasteiger partial charge in [-0.25, -0.2) is 0 Å². The summed E-state index contributed by atoms with van der Waals surface area (Å²) in [6.45, 7) is 1.86. The van der Waals surface area contributed by atoms with E-state index in [0.717, 1.165) is 10.0 Å². The third kappa shape index (κ3) is 3.80. The van der Waals surface area contributed by atoms with E-state index in [0.29, 0.717) is 6.42 Å². The second-order valence-electron chi connectivity index (χ2n) is 4.53. The molecule has 0 bridgehead atoms. The van der Waals surface area contributed by atoms with Crippen LogP contribution in [0.15, 0.2) is 60.7 Å². The summed E-state index contributed by atoms with van der Waals surface area (Å²) in [4.78, 5) is 11.9. The van der Waals surface area contributed by atoms with Crippen LogP contribution in [0.5, 0.6) is 0 Å². The van der Waals surface area contributed by atoms with Gasteiger partial charge >= 0.3 is 126 Å². The van der Waals surface area contributed by atoms with Crippen molar-refractivity contribution in [2.45, 2.75) is 24.3 Å². The van der Waals surface area contributed by atoms with Crippen LogP contribution in [0.2, 0.25) is 4.82 Å². The van der Waals surface area contributed by atoms with E-state index in [1.165, 1.54) is 0 Å². The zero-order valence-electron chi connectivity index (χ0n) is 11.4. The van der Waals surface area contributed by atoms with E-state index in [4.69, 9.17) is 0 Å². The molecule has 0 fully saturated rings. The number of carbonyl (C=O) groups excluding carboxylic acids is 1. The van der Waals surface area contributed by atoms with Crippen molar-refractivity contribution in [3.05, 3.63) is 66.2 Å². The van der Waals surface area contributed by atoms with Crippen LogP contribution in [-0.4, -0.2) is 25.8 Å². The van der Waals surface area contributed by atoms with Gasteiger partial charge in [-0.15, -0.1) is 0 Å². The summed E-state index contributed by atoms with van der Waals surface area (Å²) < 4.78 is 1.14. The summed E-state index contributed by atoms with van der Waals surface area (Å²) >= 11 is -0.0659. The van der Waals surface area contributed by atoms with Gasteiger partial charge in [0.2, 0.25) is 0 Å². The Bertz CT molecular complexity index is 539. The van der Waals surface area contributed by atoms with Gasteiger partial charge in [0.15, 0.2) is 0 Å². The standard InChI is InChI=1S/C17H18O2Se/c1-2-15(18)17(20-14-11-7-4-8-12-14)16(19)13-9-5-3-6-10-13/h3-12,16-17,19H,2H2,1H3/t16-,17-/m1/s1. The van der Waals surface area contributed by atoms with Crippen molar-refractivity contribution >= 4 is 25.2 Å².